The van der Waals surface area contributed by atoms with Crippen LogP contribution in [0.3, 0.4) is 0 Å². The summed E-state index contributed by atoms with van der Waals surface area (Å²) in [6, 6.07) is 1.63. The van der Waals surface area contributed by atoms with E-state index in [1.54, 1.807) is 13.0 Å². The van der Waals surface area contributed by atoms with Crippen molar-refractivity contribution in [2.75, 3.05) is 0 Å². The number of rotatable bonds is 2. The maximum atomic E-state index is 12.7. The SMILES string of the molecule is Cc1sc(-c2nc(C(F)(F)F)c(C(=O)O)s2)cc1Br. The van der Waals surface area contributed by atoms with E-state index < -0.39 is 22.7 Å². The van der Waals surface area contributed by atoms with Crippen LogP contribution in [0.25, 0.3) is 9.88 Å². The van der Waals surface area contributed by atoms with Crippen LogP contribution < -0.4 is 0 Å². The largest absolute Gasteiger partial charge is 0.477 e. The van der Waals surface area contributed by atoms with Gasteiger partial charge in [-0.15, -0.1) is 22.7 Å². The van der Waals surface area contributed by atoms with E-state index >= 15 is 0 Å². The molecule has 2 heterocycles. The normalized spacial score (nSPS) is 11.8. The second kappa shape index (κ2) is 4.88. The summed E-state index contributed by atoms with van der Waals surface area (Å²) in [6.07, 6.45) is -4.77. The molecule has 0 aromatic carbocycles. The molecule has 9 heteroatoms. The summed E-state index contributed by atoms with van der Waals surface area (Å²) in [5.74, 6) is -1.62. The van der Waals surface area contributed by atoms with Gasteiger partial charge in [-0.1, -0.05) is 0 Å². The van der Waals surface area contributed by atoms with E-state index in [-0.39, 0.29) is 5.01 Å². The summed E-state index contributed by atoms with van der Waals surface area (Å²) in [4.78, 5) is 14.9. The van der Waals surface area contributed by atoms with Crippen molar-refractivity contribution in [3.05, 3.63) is 26.0 Å². The summed E-state index contributed by atoms with van der Waals surface area (Å²) < 4.78 is 38.8. The molecule has 0 amide bonds. The number of halogens is 4. The summed E-state index contributed by atoms with van der Waals surface area (Å²) in [6.45, 7) is 1.80. The molecule has 19 heavy (non-hydrogen) atoms. The number of alkyl halides is 3. The number of hydrogen-bond acceptors (Lipinski definition) is 4. The lowest BCUT2D eigenvalue weighted by molar-refractivity contribution is -0.141. The van der Waals surface area contributed by atoms with Crippen LogP contribution in [0, 0.1) is 6.92 Å². The first-order valence-electron chi connectivity index (χ1n) is 4.77. The molecule has 0 aliphatic rings. The van der Waals surface area contributed by atoms with Gasteiger partial charge in [0.15, 0.2) is 5.69 Å². The molecule has 0 radical (unpaired) electrons. The highest BCUT2D eigenvalue weighted by atomic mass is 79.9. The molecule has 3 nitrogen and oxygen atoms in total. The van der Waals surface area contributed by atoms with E-state index in [4.69, 9.17) is 5.11 Å². The third-order valence-corrected chi connectivity index (χ3v) is 5.51. The van der Waals surface area contributed by atoms with Crippen molar-refractivity contribution in [1.82, 2.24) is 4.98 Å². The maximum absolute atomic E-state index is 12.7. The molecular formula is C10H5BrF3NO2S2. The third kappa shape index (κ3) is 2.82. The Hall–Kier alpha value is -0.930. The standard InChI is InChI=1S/C10H5BrF3NO2S2/c1-3-4(11)2-5(18-3)8-15-7(10(12,13)14)6(19-8)9(16)17/h2H,1H3,(H,16,17). The topological polar surface area (TPSA) is 50.2 Å². The molecule has 0 unspecified atom stereocenters. The number of carboxylic acids is 1. The number of aryl methyl sites for hydroxylation is 1. The first kappa shape index (κ1) is 14.5. The lowest BCUT2D eigenvalue weighted by Gasteiger charge is -2.02. The number of aromatic carboxylic acids is 1. The van der Waals surface area contributed by atoms with Gasteiger partial charge in [-0.2, -0.15) is 13.2 Å². The first-order chi connectivity index (χ1) is 8.70. The van der Waals surface area contributed by atoms with E-state index in [1.807, 2.05) is 0 Å². The van der Waals surface area contributed by atoms with Gasteiger partial charge in [0.25, 0.3) is 0 Å². The minimum atomic E-state index is -4.77. The number of nitrogens with zero attached hydrogens (tertiary/aromatic N) is 1. The molecule has 2 aromatic heterocycles. The van der Waals surface area contributed by atoms with Crippen molar-refractivity contribution in [2.24, 2.45) is 0 Å². The van der Waals surface area contributed by atoms with Crippen LogP contribution in [-0.4, -0.2) is 16.1 Å². The Morgan fingerprint density at radius 3 is 2.42 bits per heavy atom. The summed E-state index contributed by atoms with van der Waals surface area (Å²) in [5.41, 5.74) is -1.35. The minimum Gasteiger partial charge on any atom is -0.477 e. The lowest BCUT2D eigenvalue weighted by Crippen LogP contribution is -2.11. The predicted molar refractivity (Wildman–Crippen MR) is 69.8 cm³/mol. The van der Waals surface area contributed by atoms with Gasteiger partial charge in [0.05, 0.1) is 4.88 Å². The Balaban J connectivity index is 2.58. The van der Waals surface area contributed by atoms with Gasteiger partial charge in [-0.3, -0.25) is 0 Å². The van der Waals surface area contributed by atoms with Crippen LogP contribution in [0.4, 0.5) is 13.2 Å². The zero-order chi connectivity index (χ0) is 14.4. The lowest BCUT2D eigenvalue weighted by atomic mass is 10.3. The molecule has 2 aromatic rings. The Bertz CT molecular complexity index is 628. The van der Waals surface area contributed by atoms with Crippen LogP contribution in [0.2, 0.25) is 0 Å². The van der Waals surface area contributed by atoms with Gasteiger partial charge in [-0.05, 0) is 28.9 Å². The third-order valence-electron chi connectivity index (χ3n) is 2.16. The van der Waals surface area contributed by atoms with Gasteiger partial charge in [0.1, 0.15) is 9.88 Å². The van der Waals surface area contributed by atoms with Crippen molar-refractivity contribution in [1.29, 1.82) is 0 Å². The highest BCUT2D eigenvalue weighted by Gasteiger charge is 2.40. The van der Waals surface area contributed by atoms with Crippen molar-refractivity contribution in [3.8, 4) is 9.88 Å². The maximum Gasteiger partial charge on any atom is 0.435 e. The molecule has 2 rings (SSSR count). The average Bonchev–Trinajstić information content (AvgIpc) is 2.82. The van der Waals surface area contributed by atoms with Gasteiger partial charge >= 0.3 is 12.1 Å². The van der Waals surface area contributed by atoms with Crippen molar-refractivity contribution in [3.63, 3.8) is 0 Å². The Kier molecular flexibility index (Phi) is 3.72. The zero-order valence-electron chi connectivity index (χ0n) is 9.21. The predicted octanol–water partition coefficient (Wildman–Crippen LogP) is 4.66. The quantitative estimate of drug-likeness (QED) is 0.834. The number of carboxylic acid groups (broad SMARTS) is 1. The number of aromatic nitrogens is 1. The van der Waals surface area contributed by atoms with Crippen LogP contribution in [-0.2, 0) is 6.18 Å². The van der Waals surface area contributed by atoms with Crippen molar-refractivity contribution < 1.29 is 23.1 Å². The summed E-state index contributed by atoms with van der Waals surface area (Å²) in [5, 5.41) is 8.87. The molecule has 0 bridgehead atoms. The monoisotopic (exact) mass is 371 g/mol. The fourth-order valence-electron chi connectivity index (χ4n) is 1.33. The summed E-state index contributed by atoms with van der Waals surface area (Å²) in [7, 11) is 0. The molecule has 0 saturated carbocycles. The number of thiophene rings is 1. The molecule has 0 spiro atoms. The smallest absolute Gasteiger partial charge is 0.435 e. The number of carbonyl (C=O) groups is 1. The van der Waals surface area contributed by atoms with Crippen molar-refractivity contribution >= 4 is 44.6 Å². The molecule has 0 aliphatic heterocycles. The Morgan fingerprint density at radius 1 is 1.42 bits per heavy atom. The average molecular weight is 372 g/mol. The van der Waals surface area contributed by atoms with Gasteiger partial charge in [0.2, 0.25) is 0 Å². The molecule has 1 N–H and O–H groups in total. The molecule has 0 aliphatic carbocycles. The molecule has 0 saturated heterocycles. The zero-order valence-corrected chi connectivity index (χ0v) is 12.4. The van der Waals surface area contributed by atoms with Crippen molar-refractivity contribution in [2.45, 2.75) is 13.1 Å². The van der Waals surface area contributed by atoms with Crippen LogP contribution in [0.5, 0.6) is 0 Å². The second-order valence-electron chi connectivity index (χ2n) is 3.51. The van der Waals surface area contributed by atoms with Gasteiger partial charge in [0, 0.05) is 9.35 Å². The van der Waals surface area contributed by atoms with Gasteiger partial charge < -0.3 is 5.11 Å². The highest BCUT2D eigenvalue weighted by molar-refractivity contribution is 9.10. The van der Waals surface area contributed by atoms with Crippen LogP contribution in [0.15, 0.2) is 10.5 Å². The summed E-state index contributed by atoms with van der Waals surface area (Å²) >= 11 is 5.04. The Morgan fingerprint density at radius 2 is 2.05 bits per heavy atom. The van der Waals surface area contributed by atoms with E-state index in [2.05, 4.69) is 20.9 Å². The number of thiazole rings is 1. The fourth-order valence-corrected chi connectivity index (χ4v) is 3.83. The number of hydrogen-bond donors (Lipinski definition) is 1. The molecule has 0 atom stereocenters. The molecule has 0 fully saturated rings. The fraction of sp³-hybridized carbons (Fsp3) is 0.200. The second-order valence-corrected chi connectivity index (χ2v) is 6.62. The van der Waals surface area contributed by atoms with E-state index in [1.165, 1.54) is 11.3 Å². The molecule has 102 valence electrons. The first-order valence-corrected chi connectivity index (χ1v) is 7.20. The molecular weight excluding hydrogens is 367 g/mol. The van der Waals surface area contributed by atoms with Crippen LogP contribution >= 0.6 is 38.6 Å². The Labute approximate surface area is 121 Å². The van der Waals surface area contributed by atoms with Crippen LogP contribution in [0.1, 0.15) is 20.2 Å². The van der Waals surface area contributed by atoms with E-state index in [0.29, 0.717) is 16.2 Å². The highest BCUT2D eigenvalue weighted by Crippen LogP contribution is 2.41. The van der Waals surface area contributed by atoms with Gasteiger partial charge in [-0.25, -0.2) is 9.78 Å². The minimum absolute atomic E-state index is 0.0588. The van der Waals surface area contributed by atoms with E-state index in [0.717, 1.165) is 9.35 Å². The van der Waals surface area contributed by atoms with E-state index in [9.17, 15) is 18.0 Å².